The molecule has 0 aliphatic heterocycles. The fraction of sp³-hybridized carbons (Fsp3) is 0.756. The maximum atomic E-state index is 12.5. The number of phosphoric ester groups is 1. The summed E-state index contributed by atoms with van der Waals surface area (Å²) in [6.07, 6.45) is 37.6. The summed E-state index contributed by atoms with van der Waals surface area (Å²) in [5.74, 6) is -0.921. The van der Waals surface area contributed by atoms with Crippen LogP contribution in [-0.4, -0.2) is 60.5 Å². The molecule has 52 heavy (non-hydrogen) atoms. The van der Waals surface area contributed by atoms with Gasteiger partial charge in [0.05, 0.1) is 19.3 Å². The Morgan fingerprint density at radius 3 is 1.87 bits per heavy atom. The SMILES string of the molecule is CCCCCCCCCCCCCCCC(=O)OC[C@H](COP(=O)(O)OCCN)OC(=O)CCC/C=C\C/C=C\C/C=C\C=C\[C@@H](O)CCCCC. The lowest BCUT2D eigenvalue weighted by atomic mass is 10.0. The van der Waals surface area contributed by atoms with E-state index < -0.39 is 32.5 Å². The van der Waals surface area contributed by atoms with Crippen LogP contribution in [0.5, 0.6) is 0 Å². The number of carbonyl (C=O) groups is 2. The van der Waals surface area contributed by atoms with Crippen LogP contribution in [0.2, 0.25) is 0 Å². The van der Waals surface area contributed by atoms with Crippen molar-refractivity contribution in [3.63, 3.8) is 0 Å². The summed E-state index contributed by atoms with van der Waals surface area (Å²) in [5, 5.41) is 9.88. The fourth-order valence-corrected chi connectivity index (χ4v) is 6.03. The van der Waals surface area contributed by atoms with Crippen molar-refractivity contribution in [2.45, 2.75) is 174 Å². The number of hydrogen-bond donors (Lipinski definition) is 3. The highest BCUT2D eigenvalue weighted by Gasteiger charge is 2.25. The summed E-state index contributed by atoms with van der Waals surface area (Å²) >= 11 is 0. The summed E-state index contributed by atoms with van der Waals surface area (Å²) in [4.78, 5) is 34.7. The van der Waals surface area contributed by atoms with Gasteiger partial charge in [0.1, 0.15) is 6.61 Å². The Morgan fingerprint density at radius 2 is 1.23 bits per heavy atom. The number of unbranched alkanes of at least 4 members (excludes halogenated alkanes) is 15. The fourth-order valence-electron chi connectivity index (χ4n) is 5.27. The second-order valence-corrected chi connectivity index (χ2v) is 14.8. The molecule has 0 fully saturated rings. The molecule has 1 unspecified atom stereocenters. The van der Waals surface area contributed by atoms with Crippen LogP contribution < -0.4 is 5.73 Å². The van der Waals surface area contributed by atoms with Crippen molar-refractivity contribution in [3.05, 3.63) is 48.6 Å². The molecule has 0 amide bonds. The lowest BCUT2D eigenvalue weighted by Gasteiger charge is -2.19. The number of phosphoric acid groups is 1. The molecular weight excluding hydrogens is 681 g/mol. The van der Waals surface area contributed by atoms with Crippen LogP contribution in [0.25, 0.3) is 0 Å². The van der Waals surface area contributed by atoms with Gasteiger partial charge in [-0.1, -0.05) is 159 Å². The molecule has 0 aliphatic carbocycles. The molecule has 0 aromatic carbocycles. The van der Waals surface area contributed by atoms with E-state index in [0.29, 0.717) is 12.8 Å². The Kier molecular flexibility index (Phi) is 35.8. The van der Waals surface area contributed by atoms with Crippen LogP contribution in [0.15, 0.2) is 48.6 Å². The van der Waals surface area contributed by atoms with Gasteiger partial charge in [0.15, 0.2) is 6.10 Å². The molecule has 302 valence electrons. The van der Waals surface area contributed by atoms with Gasteiger partial charge < -0.3 is 25.2 Å². The second kappa shape index (κ2) is 37.3. The minimum absolute atomic E-state index is 0.0365. The zero-order valence-corrected chi connectivity index (χ0v) is 33.5. The van der Waals surface area contributed by atoms with Gasteiger partial charge >= 0.3 is 19.8 Å². The summed E-state index contributed by atoms with van der Waals surface area (Å²) < 4.78 is 32.6. The van der Waals surface area contributed by atoms with E-state index in [4.69, 9.17) is 24.3 Å². The van der Waals surface area contributed by atoms with Crippen molar-refractivity contribution < 1.29 is 42.7 Å². The number of aliphatic hydroxyl groups is 1. The van der Waals surface area contributed by atoms with E-state index in [0.717, 1.165) is 57.8 Å². The molecule has 10 nitrogen and oxygen atoms in total. The molecule has 11 heteroatoms. The standard InChI is InChI=1S/C41H74NO9P/c1-3-5-7-8-9-10-11-12-15-18-21-24-28-32-40(44)48-36-39(37-50-52(46,47)49-35-34-42)51-41(45)33-29-25-22-19-16-13-14-17-20-23-27-31-38(43)30-26-6-4-2/h13-14,19-20,22-23,27,31,38-39,43H,3-12,15-18,21,24-26,28-30,32-37,42H2,1-2H3,(H,46,47)/b14-13-,22-19-,23-20-,31-27+/t38-,39+/m0/s1. The summed E-state index contributed by atoms with van der Waals surface area (Å²) in [5.41, 5.74) is 5.33. The first-order valence-electron chi connectivity index (χ1n) is 20.2. The number of nitrogens with two attached hydrogens (primary N) is 1. The molecule has 0 spiro atoms. The number of esters is 2. The van der Waals surface area contributed by atoms with Crippen LogP contribution in [0.1, 0.15) is 162 Å². The number of aliphatic hydroxyl groups excluding tert-OH is 1. The van der Waals surface area contributed by atoms with Gasteiger partial charge in [0, 0.05) is 19.4 Å². The predicted molar refractivity (Wildman–Crippen MR) is 212 cm³/mol. The molecule has 4 N–H and O–H groups in total. The Labute approximate surface area is 316 Å². The largest absolute Gasteiger partial charge is 0.472 e. The molecule has 0 aromatic heterocycles. The minimum atomic E-state index is -4.40. The molecule has 0 aromatic rings. The van der Waals surface area contributed by atoms with Crippen molar-refractivity contribution in [1.82, 2.24) is 0 Å². The maximum absolute atomic E-state index is 12.5. The molecule has 3 atom stereocenters. The highest BCUT2D eigenvalue weighted by atomic mass is 31.2. The van der Waals surface area contributed by atoms with Crippen LogP contribution >= 0.6 is 7.82 Å². The third-order valence-corrected chi connectivity index (χ3v) is 9.31. The summed E-state index contributed by atoms with van der Waals surface area (Å²) in [6, 6.07) is 0. The first-order chi connectivity index (χ1) is 25.2. The molecule has 0 radical (unpaired) electrons. The molecule has 0 saturated heterocycles. The number of hydrogen-bond acceptors (Lipinski definition) is 9. The zero-order chi connectivity index (χ0) is 38.4. The van der Waals surface area contributed by atoms with Gasteiger partial charge in [-0.3, -0.25) is 18.6 Å². The highest BCUT2D eigenvalue weighted by molar-refractivity contribution is 7.47. The van der Waals surface area contributed by atoms with E-state index in [2.05, 4.69) is 26.0 Å². The van der Waals surface area contributed by atoms with Gasteiger partial charge in [-0.25, -0.2) is 4.57 Å². The average molecular weight is 756 g/mol. The minimum Gasteiger partial charge on any atom is -0.462 e. The third kappa shape index (κ3) is 36.3. The van der Waals surface area contributed by atoms with Crippen molar-refractivity contribution in [2.75, 3.05) is 26.4 Å². The zero-order valence-electron chi connectivity index (χ0n) is 32.6. The van der Waals surface area contributed by atoms with Crippen LogP contribution in [-0.2, 0) is 32.7 Å². The van der Waals surface area contributed by atoms with E-state index in [1.165, 1.54) is 64.2 Å². The Morgan fingerprint density at radius 1 is 0.673 bits per heavy atom. The van der Waals surface area contributed by atoms with Gasteiger partial charge in [-0.15, -0.1) is 0 Å². The monoisotopic (exact) mass is 756 g/mol. The molecule has 0 heterocycles. The van der Waals surface area contributed by atoms with Crippen molar-refractivity contribution in [2.24, 2.45) is 5.73 Å². The molecule has 0 aliphatic rings. The molecular formula is C41H74NO9P. The molecule has 0 rings (SSSR count). The molecule has 0 bridgehead atoms. The highest BCUT2D eigenvalue weighted by Crippen LogP contribution is 2.43. The van der Waals surface area contributed by atoms with E-state index >= 15 is 0 Å². The topological polar surface area (TPSA) is 155 Å². The predicted octanol–water partition coefficient (Wildman–Crippen LogP) is 10.1. The normalized spacial score (nSPS) is 14.5. The van der Waals surface area contributed by atoms with Gasteiger partial charge in [0.2, 0.25) is 0 Å². The molecule has 0 saturated carbocycles. The second-order valence-electron chi connectivity index (χ2n) is 13.4. The van der Waals surface area contributed by atoms with Crippen LogP contribution in [0, 0.1) is 0 Å². The van der Waals surface area contributed by atoms with Crippen molar-refractivity contribution in [1.29, 1.82) is 0 Å². The van der Waals surface area contributed by atoms with Gasteiger partial charge in [-0.05, 0) is 38.5 Å². The van der Waals surface area contributed by atoms with Crippen molar-refractivity contribution in [3.8, 4) is 0 Å². The lowest BCUT2D eigenvalue weighted by Crippen LogP contribution is -2.29. The number of allylic oxidation sites excluding steroid dienone is 7. The third-order valence-electron chi connectivity index (χ3n) is 8.32. The summed E-state index contributed by atoms with van der Waals surface area (Å²) in [7, 11) is -4.40. The average Bonchev–Trinajstić information content (AvgIpc) is 3.12. The Bertz CT molecular complexity index is 1010. The lowest BCUT2D eigenvalue weighted by molar-refractivity contribution is -0.161. The van der Waals surface area contributed by atoms with Gasteiger partial charge in [-0.2, -0.15) is 0 Å². The smallest absolute Gasteiger partial charge is 0.462 e. The van der Waals surface area contributed by atoms with Crippen LogP contribution in [0.4, 0.5) is 0 Å². The maximum Gasteiger partial charge on any atom is 0.472 e. The van der Waals surface area contributed by atoms with Gasteiger partial charge in [0.25, 0.3) is 0 Å². The first kappa shape index (κ1) is 49.9. The number of rotatable bonds is 37. The van der Waals surface area contributed by atoms with E-state index in [1.54, 1.807) is 0 Å². The van der Waals surface area contributed by atoms with E-state index in [1.807, 2.05) is 36.5 Å². The first-order valence-corrected chi connectivity index (χ1v) is 21.7. The van der Waals surface area contributed by atoms with Crippen molar-refractivity contribution >= 4 is 19.8 Å². The van der Waals surface area contributed by atoms with E-state index in [9.17, 15) is 24.2 Å². The summed E-state index contributed by atoms with van der Waals surface area (Å²) in [6.45, 7) is 3.51. The Balaban J connectivity index is 4.35. The number of carbonyl (C=O) groups excluding carboxylic acids is 2. The number of ether oxygens (including phenoxy) is 2. The van der Waals surface area contributed by atoms with E-state index in [-0.39, 0.29) is 38.7 Å². The van der Waals surface area contributed by atoms with Crippen LogP contribution in [0.3, 0.4) is 0 Å². The quantitative estimate of drug-likeness (QED) is 0.0183. The Hall–Kier alpha value is -2.07.